The van der Waals surface area contributed by atoms with Crippen molar-refractivity contribution in [2.75, 3.05) is 0 Å². The Balaban J connectivity index is 0.000000161. The number of fused-ring (bicyclic) bond motifs is 2. The van der Waals surface area contributed by atoms with Gasteiger partial charge >= 0.3 is 8.56 Å². The van der Waals surface area contributed by atoms with Gasteiger partial charge in [-0.15, -0.1) is 0 Å². The molecule has 0 atom stereocenters. The lowest BCUT2D eigenvalue weighted by molar-refractivity contribution is -0.107. The molecular formula is C46H60N4O4Si2. The van der Waals surface area contributed by atoms with Gasteiger partial charge in [-0.3, -0.25) is 4.57 Å². The van der Waals surface area contributed by atoms with Gasteiger partial charge in [0.15, 0.2) is 0 Å². The fraction of sp³-hybridized carbons (Fsp3) is 0.304. The Morgan fingerprint density at radius 2 is 1.09 bits per heavy atom. The number of para-hydroxylation sites is 5. The Bertz CT molecular complexity index is 2130. The van der Waals surface area contributed by atoms with Crippen LogP contribution in [-0.2, 0) is 8.85 Å². The van der Waals surface area contributed by atoms with Crippen molar-refractivity contribution < 1.29 is 19.1 Å². The smallest absolute Gasteiger partial charge is 0.370 e. The van der Waals surface area contributed by atoms with Gasteiger partial charge in [-0.1, -0.05) is 115 Å². The number of hydrogen-bond donors (Lipinski definition) is 3. The number of hydrogen-bond acceptors (Lipinski definition) is 6. The minimum absolute atomic E-state index is 0.0913. The van der Waals surface area contributed by atoms with E-state index < -0.39 is 19.8 Å². The average Bonchev–Trinajstić information content (AvgIpc) is 3.87. The molecule has 0 bridgehead atoms. The zero-order valence-electron chi connectivity index (χ0n) is 34.7. The third-order valence-corrected chi connectivity index (χ3v) is 14.7. The molecule has 5 aromatic carbocycles. The lowest BCUT2D eigenvalue weighted by Gasteiger charge is -2.31. The number of rotatable bonds is 4. The molecule has 3 heterocycles. The minimum Gasteiger partial charge on any atom is -0.387 e. The Morgan fingerprint density at radius 3 is 1.59 bits per heavy atom. The van der Waals surface area contributed by atoms with Gasteiger partial charge in [0.1, 0.15) is 6.33 Å². The molecule has 0 spiro atoms. The summed E-state index contributed by atoms with van der Waals surface area (Å²) in [6.45, 7) is 19.2. The van der Waals surface area contributed by atoms with E-state index in [2.05, 4.69) is 121 Å². The highest BCUT2D eigenvalue weighted by Crippen LogP contribution is 2.41. The third-order valence-electron chi connectivity index (χ3n) is 10.2. The van der Waals surface area contributed by atoms with Crippen molar-refractivity contribution >= 4 is 50.5 Å². The maximum Gasteiger partial charge on any atom is 0.370 e. The molecular weight excluding hydrogens is 729 g/mol. The minimum atomic E-state index is -2.23. The zero-order valence-corrected chi connectivity index (χ0v) is 37.1. The Morgan fingerprint density at radius 1 is 0.625 bits per heavy atom. The Kier molecular flexibility index (Phi) is 14.9. The summed E-state index contributed by atoms with van der Waals surface area (Å²) in [6, 6.07) is 47.3. The molecule has 0 amide bonds. The summed E-state index contributed by atoms with van der Waals surface area (Å²) in [7, 11) is -2.14. The van der Waals surface area contributed by atoms with Crippen LogP contribution in [0.3, 0.4) is 0 Å². The van der Waals surface area contributed by atoms with E-state index in [0.717, 1.165) is 27.8 Å². The predicted octanol–water partition coefficient (Wildman–Crippen LogP) is 8.22. The molecule has 8 rings (SSSR count). The van der Waals surface area contributed by atoms with Crippen molar-refractivity contribution in [1.82, 2.24) is 19.5 Å². The van der Waals surface area contributed by atoms with Crippen LogP contribution in [0.2, 0.25) is 13.1 Å². The lowest BCUT2D eigenvalue weighted by Crippen LogP contribution is -2.48. The number of aromatic amines is 1. The van der Waals surface area contributed by atoms with Crippen molar-refractivity contribution in [2.24, 2.45) is 0 Å². The van der Waals surface area contributed by atoms with E-state index in [9.17, 15) is 0 Å². The van der Waals surface area contributed by atoms with Gasteiger partial charge < -0.3 is 24.0 Å². The number of nitrogens with zero attached hydrogens (tertiary/aromatic N) is 3. The molecule has 1 saturated heterocycles. The maximum atomic E-state index is 9.10. The summed E-state index contributed by atoms with van der Waals surface area (Å²) in [5.74, 6) is 0. The molecule has 0 unspecified atom stereocenters. The normalized spacial score (nSPS) is 15.4. The van der Waals surface area contributed by atoms with Crippen molar-refractivity contribution in [3.63, 3.8) is 0 Å². The van der Waals surface area contributed by atoms with Gasteiger partial charge in [0.05, 0.1) is 60.3 Å². The number of nitrogens with one attached hydrogen (secondary N) is 1. The van der Waals surface area contributed by atoms with Gasteiger partial charge in [0, 0.05) is 5.69 Å². The topological polar surface area (TPSA) is 105 Å². The van der Waals surface area contributed by atoms with Crippen LogP contribution in [0.1, 0.15) is 55.4 Å². The quantitative estimate of drug-likeness (QED) is 0.155. The average molecular weight is 789 g/mol. The van der Waals surface area contributed by atoms with Gasteiger partial charge in [-0.25, -0.2) is 9.97 Å². The highest BCUT2D eigenvalue weighted by Gasteiger charge is 2.57. The third kappa shape index (κ3) is 11.9. The van der Waals surface area contributed by atoms with E-state index >= 15 is 0 Å². The highest BCUT2D eigenvalue weighted by molar-refractivity contribution is 6.80. The molecule has 1 aliphatic heterocycles. The first-order valence-electron chi connectivity index (χ1n) is 19.2. The van der Waals surface area contributed by atoms with E-state index in [4.69, 9.17) is 19.1 Å². The van der Waals surface area contributed by atoms with Crippen LogP contribution in [0.5, 0.6) is 0 Å². The standard InChI is InChI=1S/C13H10N2.C13H20O2Si.C7H6N2.C7H10Si.C6H14O2/c1-2-6-11(7-3-1)15-10-14-12-8-4-5-9-13(12)15;1-12(2)13(3,4)15-16(5,14-12)11-9-7-6-8-10-11;1-2-4-7-6(3-1)8-5-9-7;1-8-7-5-3-2-4-6-7;1-5(2,7)6(3,4)8/h1-10H;6-10H,1-5H3;1-5H,(H,8,9);2-6H,8H2,1H3;7-8H,1-4H3. The van der Waals surface area contributed by atoms with Crippen molar-refractivity contribution in [1.29, 1.82) is 0 Å². The largest absolute Gasteiger partial charge is 0.387 e. The van der Waals surface area contributed by atoms with E-state index in [1.54, 1.807) is 39.2 Å². The molecule has 0 aliphatic carbocycles. The summed E-state index contributed by atoms with van der Waals surface area (Å²) >= 11 is 0. The van der Waals surface area contributed by atoms with Crippen LogP contribution in [0.4, 0.5) is 0 Å². The molecule has 2 aromatic heterocycles. The molecule has 10 heteroatoms. The highest BCUT2D eigenvalue weighted by atomic mass is 28.4. The number of aromatic nitrogens is 4. The van der Waals surface area contributed by atoms with Crippen LogP contribution < -0.4 is 10.4 Å². The maximum absolute atomic E-state index is 9.10. The molecule has 1 fully saturated rings. The second kappa shape index (κ2) is 19.0. The van der Waals surface area contributed by atoms with Gasteiger partial charge in [-0.2, -0.15) is 0 Å². The number of benzene rings is 5. The first kappa shape index (κ1) is 44.0. The summed E-state index contributed by atoms with van der Waals surface area (Å²) in [4.78, 5) is 11.4. The van der Waals surface area contributed by atoms with E-state index in [0.29, 0.717) is 0 Å². The Labute approximate surface area is 336 Å². The monoisotopic (exact) mass is 788 g/mol. The van der Waals surface area contributed by atoms with Gasteiger partial charge in [0.25, 0.3) is 0 Å². The fourth-order valence-electron chi connectivity index (χ4n) is 5.45. The first-order chi connectivity index (χ1) is 26.4. The second-order valence-electron chi connectivity index (χ2n) is 15.9. The number of imidazole rings is 2. The van der Waals surface area contributed by atoms with Crippen LogP contribution in [0, 0.1) is 0 Å². The van der Waals surface area contributed by atoms with E-state index in [1.807, 2.05) is 85.2 Å². The van der Waals surface area contributed by atoms with Crippen LogP contribution in [0.15, 0.2) is 152 Å². The molecule has 7 aromatic rings. The van der Waals surface area contributed by atoms with Crippen LogP contribution in [0.25, 0.3) is 27.8 Å². The summed E-state index contributed by atoms with van der Waals surface area (Å²) in [5, 5.41) is 21.0. The van der Waals surface area contributed by atoms with E-state index in [-0.39, 0.29) is 20.7 Å². The van der Waals surface area contributed by atoms with Crippen molar-refractivity contribution in [2.45, 2.75) is 90.9 Å². The van der Waals surface area contributed by atoms with Crippen LogP contribution in [-0.4, -0.2) is 70.2 Å². The molecule has 296 valence electrons. The van der Waals surface area contributed by atoms with Crippen molar-refractivity contribution in [3.05, 3.63) is 152 Å². The van der Waals surface area contributed by atoms with Gasteiger partial charge in [0.2, 0.25) is 0 Å². The molecule has 56 heavy (non-hydrogen) atoms. The second-order valence-corrected chi connectivity index (χ2v) is 20.3. The summed E-state index contributed by atoms with van der Waals surface area (Å²) < 4.78 is 14.6. The Hall–Kier alpha value is -4.69. The van der Waals surface area contributed by atoms with E-state index in [1.165, 1.54) is 5.19 Å². The molecule has 1 aliphatic rings. The molecule has 0 saturated carbocycles. The summed E-state index contributed by atoms with van der Waals surface area (Å²) in [5.41, 5.74) is 2.96. The number of aliphatic hydroxyl groups is 2. The summed E-state index contributed by atoms with van der Waals surface area (Å²) in [6.07, 6.45) is 3.56. The predicted molar refractivity (Wildman–Crippen MR) is 238 cm³/mol. The fourth-order valence-corrected chi connectivity index (χ4v) is 9.70. The molecule has 8 nitrogen and oxygen atoms in total. The number of H-pyrrole nitrogens is 1. The molecule has 3 N–H and O–H groups in total. The van der Waals surface area contributed by atoms with Crippen molar-refractivity contribution in [3.8, 4) is 5.69 Å². The van der Waals surface area contributed by atoms with Crippen LogP contribution >= 0.6 is 0 Å². The first-order valence-corrected chi connectivity index (χ1v) is 23.6. The SMILES string of the molecule is CC(C)(O)C(C)(C)O.CC1(C)O[Si](C)(c2ccccc2)OC1(C)C.C[SiH2]c1ccccc1.c1ccc(-n2cnc3ccccc32)cc1.c1ccc2[nH]cnc2c1. The molecule has 0 radical (unpaired) electrons. The zero-order chi connectivity index (χ0) is 41.0. The lowest BCUT2D eigenvalue weighted by atomic mass is 9.90. The van der Waals surface area contributed by atoms with Gasteiger partial charge in [-0.05, 0) is 104 Å².